The third-order valence-corrected chi connectivity index (χ3v) is 6.68. The number of carbonyl (C=O) groups excluding carboxylic acids is 1. The van der Waals surface area contributed by atoms with E-state index in [9.17, 15) is 4.79 Å². The van der Waals surface area contributed by atoms with Crippen molar-refractivity contribution in [1.82, 2.24) is 9.88 Å². The van der Waals surface area contributed by atoms with Crippen LogP contribution in [0.15, 0.2) is 36.4 Å². The molecule has 0 saturated heterocycles. The first-order valence-electron chi connectivity index (χ1n) is 10.6. The van der Waals surface area contributed by atoms with Crippen LogP contribution >= 0.6 is 11.3 Å². The largest absolute Gasteiger partial charge is 0.497 e. The fourth-order valence-electron chi connectivity index (χ4n) is 3.99. The molecule has 4 rings (SSSR count). The van der Waals surface area contributed by atoms with Crippen LogP contribution in [0.1, 0.15) is 40.7 Å². The van der Waals surface area contributed by atoms with Crippen molar-refractivity contribution < 1.29 is 9.53 Å². The maximum atomic E-state index is 13.6. The Kier molecular flexibility index (Phi) is 6.35. The van der Waals surface area contributed by atoms with Crippen molar-refractivity contribution >= 4 is 32.6 Å². The molecule has 0 radical (unpaired) electrons. The summed E-state index contributed by atoms with van der Waals surface area (Å²) >= 11 is 1.55. The molecule has 30 heavy (non-hydrogen) atoms. The van der Waals surface area contributed by atoms with E-state index in [0.29, 0.717) is 6.54 Å². The van der Waals surface area contributed by atoms with Crippen LogP contribution in [0.3, 0.4) is 0 Å². The summed E-state index contributed by atoms with van der Waals surface area (Å²) in [5.41, 5.74) is 4.38. The van der Waals surface area contributed by atoms with Gasteiger partial charge in [-0.25, -0.2) is 4.98 Å². The molecule has 0 spiro atoms. The van der Waals surface area contributed by atoms with Crippen molar-refractivity contribution in [2.75, 3.05) is 39.2 Å². The molecule has 5 nitrogen and oxygen atoms in total. The van der Waals surface area contributed by atoms with Crippen LogP contribution < -0.4 is 9.64 Å². The first-order valence-corrected chi connectivity index (χ1v) is 11.4. The summed E-state index contributed by atoms with van der Waals surface area (Å²) in [4.78, 5) is 22.3. The van der Waals surface area contributed by atoms with Crippen molar-refractivity contribution in [2.24, 2.45) is 0 Å². The minimum Gasteiger partial charge on any atom is -0.497 e. The molecular formula is C24H29N3O2S. The molecule has 0 saturated carbocycles. The number of ether oxygens (including phenoxy) is 1. The Labute approximate surface area is 182 Å². The topological polar surface area (TPSA) is 45.7 Å². The fourth-order valence-corrected chi connectivity index (χ4v) is 5.01. The standard InChI is InChI=1S/C24H29N3O2S/c1-26(2)13-6-14-27(24-25-21-12-11-20(29-3)16-22(21)30-24)23(28)19-10-9-17-7-4-5-8-18(17)15-19/h9-12,15-16H,4-8,13-14H2,1-3H3. The predicted octanol–water partition coefficient (Wildman–Crippen LogP) is 4.78. The van der Waals surface area contributed by atoms with Crippen molar-refractivity contribution in [3.8, 4) is 5.75 Å². The van der Waals surface area contributed by atoms with Crippen LogP contribution in [-0.4, -0.2) is 50.1 Å². The highest BCUT2D eigenvalue weighted by Gasteiger charge is 2.22. The predicted molar refractivity (Wildman–Crippen MR) is 124 cm³/mol. The van der Waals surface area contributed by atoms with Gasteiger partial charge in [-0.15, -0.1) is 0 Å². The van der Waals surface area contributed by atoms with E-state index in [1.165, 1.54) is 24.0 Å². The Bertz CT molecular complexity index is 1040. The van der Waals surface area contributed by atoms with E-state index in [1.54, 1.807) is 18.4 Å². The van der Waals surface area contributed by atoms with E-state index >= 15 is 0 Å². The number of thiazole rings is 1. The van der Waals surface area contributed by atoms with Gasteiger partial charge in [-0.3, -0.25) is 9.69 Å². The molecule has 0 aliphatic heterocycles. The fraction of sp³-hybridized carbons (Fsp3) is 0.417. The lowest BCUT2D eigenvalue weighted by molar-refractivity contribution is 0.0986. The minimum atomic E-state index is 0.0353. The Morgan fingerprint density at radius 2 is 1.87 bits per heavy atom. The zero-order valence-corrected chi connectivity index (χ0v) is 18.8. The smallest absolute Gasteiger partial charge is 0.260 e. The van der Waals surface area contributed by atoms with Crippen LogP contribution in [0.2, 0.25) is 0 Å². The van der Waals surface area contributed by atoms with E-state index in [1.807, 2.05) is 29.2 Å². The van der Waals surface area contributed by atoms with Crippen molar-refractivity contribution in [1.29, 1.82) is 0 Å². The summed E-state index contributed by atoms with van der Waals surface area (Å²) in [6.45, 7) is 1.57. The molecular weight excluding hydrogens is 394 g/mol. The average molecular weight is 424 g/mol. The number of fused-ring (bicyclic) bond motifs is 2. The zero-order chi connectivity index (χ0) is 21.1. The van der Waals surface area contributed by atoms with Crippen LogP contribution in [0.25, 0.3) is 10.2 Å². The zero-order valence-electron chi connectivity index (χ0n) is 18.0. The summed E-state index contributed by atoms with van der Waals surface area (Å²) in [7, 11) is 5.77. The SMILES string of the molecule is COc1ccc2nc(N(CCCN(C)C)C(=O)c3ccc4c(c3)CCCC4)sc2c1. The average Bonchev–Trinajstić information content (AvgIpc) is 3.18. The number of aryl methyl sites for hydroxylation is 2. The molecule has 0 atom stereocenters. The number of carbonyl (C=O) groups is 1. The van der Waals surface area contributed by atoms with Crippen LogP contribution in [-0.2, 0) is 12.8 Å². The third-order valence-electron chi connectivity index (χ3n) is 5.64. The van der Waals surface area contributed by atoms with Gasteiger partial charge in [0, 0.05) is 12.1 Å². The Morgan fingerprint density at radius 1 is 1.07 bits per heavy atom. The number of hydrogen-bond donors (Lipinski definition) is 0. The van der Waals surface area contributed by atoms with E-state index in [0.717, 1.165) is 52.5 Å². The third kappa shape index (κ3) is 4.50. The number of rotatable bonds is 7. The van der Waals surface area contributed by atoms with E-state index < -0.39 is 0 Å². The lowest BCUT2D eigenvalue weighted by Gasteiger charge is -2.22. The van der Waals surface area contributed by atoms with Crippen LogP contribution in [0.4, 0.5) is 5.13 Å². The summed E-state index contributed by atoms with van der Waals surface area (Å²) in [5, 5.41) is 0.750. The first kappa shape index (κ1) is 20.8. The highest BCUT2D eigenvalue weighted by molar-refractivity contribution is 7.22. The Morgan fingerprint density at radius 3 is 2.63 bits per heavy atom. The van der Waals surface area contributed by atoms with E-state index in [-0.39, 0.29) is 5.91 Å². The molecule has 0 unspecified atom stereocenters. The molecule has 1 heterocycles. The Hall–Kier alpha value is -2.44. The highest BCUT2D eigenvalue weighted by atomic mass is 32.1. The molecule has 1 aliphatic rings. The number of anilines is 1. The molecule has 0 bridgehead atoms. The number of aromatic nitrogens is 1. The van der Waals surface area contributed by atoms with Gasteiger partial charge < -0.3 is 9.64 Å². The van der Waals surface area contributed by atoms with E-state index in [2.05, 4.69) is 31.1 Å². The normalized spacial score (nSPS) is 13.5. The molecule has 0 fully saturated rings. The van der Waals surface area contributed by atoms with Gasteiger partial charge >= 0.3 is 0 Å². The van der Waals surface area contributed by atoms with Gasteiger partial charge in [0.2, 0.25) is 0 Å². The van der Waals surface area contributed by atoms with Gasteiger partial charge in [-0.2, -0.15) is 0 Å². The lowest BCUT2D eigenvalue weighted by atomic mass is 9.90. The molecule has 2 aromatic carbocycles. The maximum Gasteiger partial charge on any atom is 0.260 e. The van der Waals surface area contributed by atoms with Gasteiger partial charge in [0.1, 0.15) is 5.75 Å². The summed E-state index contributed by atoms with van der Waals surface area (Å²) in [6, 6.07) is 12.1. The number of benzene rings is 2. The van der Waals surface area contributed by atoms with Crippen LogP contribution in [0, 0.1) is 0 Å². The molecule has 158 valence electrons. The second-order valence-corrected chi connectivity index (χ2v) is 9.14. The van der Waals surface area contributed by atoms with Gasteiger partial charge in [-0.05, 0) is 94.2 Å². The second kappa shape index (κ2) is 9.14. The van der Waals surface area contributed by atoms with Crippen molar-refractivity contribution in [2.45, 2.75) is 32.1 Å². The summed E-state index contributed by atoms with van der Waals surface area (Å²) in [5.74, 6) is 0.839. The first-order chi connectivity index (χ1) is 14.5. The van der Waals surface area contributed by atoms with E-state index in [4.69, 9.17) is 9.72 Å². The van der Waals surface area contributed by atoms with Crippen molar-refractivity contribution in [3.05, 3.63) is 53.1 Å². The van der Waals surface area contributed by atoms with Gasteiger partial charge in [0.15, 0.2) is 5.13 Å². The minimum absolute atomic E-state index is 0.0353. The second-order valence-electron chi connectivity index (χ2n) is 8.13. The van der Waals surface area contributed by atoms with Gasteiger partial charge in [0.25, 0.3) is 5.91 Å². The maximum absolute atomic E-state index is 13.6. The lowest BCUT2D eigenvalue weighted by Crippen LogP contribution is -2.33. The van der Waals surface area contributed by atoms with Gasteiger partial charge in [0.05, 0.1) is 17.3 Å². The highest BCUT2D eigenvalue weighted by Crippen LogP contribution is 2.33. The molecule has 6 heteroatoms. The summed E-state index contributed by atoms with van der Waals surface area (Å²) in [6.07, 6.45) is 5.53. The monoisotopic (exact) mass is 423 g/mol. The molecule has 1 amide bonds. The number of hydrogen-bond acceptors (Lipinski definition) is 5. The van der Waals surface area contributed by atoms with Gasteiger partial charge in [-0.1, -0.05) is 17.4 Å². The quantitative estimate of drug-likeness (QED) is 0.549. The number of amides is 1. The van der Waals surface area contributed by atoms with Crippen LogP contribution in [0.5, 0.6) is 5.75 Å². The Balaban J connectivity index is 1.66. The molecule has 3 aromatic rings. The number of nitrogens with zero attached hydrogens (tertiary/aromatic N) is 3. The molecule has 1 aromatic heterocycles. The van der Waals surface area contributed by atoms with Crippen molar-refractivity contribution in [3.63, 3.8) is 0 Å². The molecule has 0 N–H and O–H groups in total. The molecule has 1 aliphatic carbocycles. The summed E-state index contributed by atoms with van der Waals surface area (Å²) < 4.78 is 6.37. The number of methoxy groups -OCH3 is 1.